The van der Waals surface area contributed by atoms with Crippen molar-refractivity contribution in [3.05, 3.63) is 64.7 Å². The van der Waals surface area contributed by atoms with E-state index in [-0.39, 0.29) is 18.9 Å². The van der Waals surface area contributed by atoms with Crippen molar-refractivity contribution < 1.29 is 14.3 Å². The molecule has 0 radical (unpaired) electrons. The third-order valence-corrected chi connectivity index (χ3v) is 4.26. The fourth-order valence-corrected chi connectivity index (χ4v) is 2.54. The van der Waals surface area contributed by atoms with E-state index in [0.717, 1.165) is 23.2 Å². The van der Waals surface area contributed by atoms with Crippen molar-refractivity contribution in [3.63, 3.8) is 0 Å². The van der Waals surface area contributed by atoms with Crippen molar-refractivity contribution in [3.8, 4) is 0 Å². The van der Waals surface area contributed by atoms with E-state index >= 15 is 0 Å². The number of carbonyl (C=O) groups is 2. The number of ether oxygens (including phenoxy) is 1. The fourth-order valence-electron chi connectivity index (χ4n) is 2.41. The van der Waals surface area contributed by atoms with Crippen LogP contribution in [0, 0.1) is 0 Å². The summed E-state index contributed by atoms with van der Waals surface area (Å²) in [6.07, 6.45) is 1.08. The van der Waals surface area contributed by atoms with Crippen molar-refractivity contribution in [1.29, 1.82) is 0 Å². The zero-order chi connectivity index (χ0) is 18.2. The maximum Gasteiger partial charge on any atom is 0.310 e. The molecule has 0 fully saturated rings. The smallest absolute Gasteiger partial charge is 0.310 e. The van der Waals surface area contributed by atoms with Crippen LogP contribution in [-0.2, 0) is 20.7 Å². The molecule has 5 heteroatoms. The lowest BCUT2D eigenvalue weighted by molar-refractivity contribution is -0.146. The van der Waals surface area contributed by atoms with E-state index in [2.05, 4.69) is 19.2 Å². The largest absolute Gasteiger partial charge is 0.455 e. The van der Waals surface area contributed by atoms with Crippen LogP contribution in [0.3, 0.4) is 0 Å². The van der Waals surface area contributed by atoms with Gasteiger partial charge in [0.05, 0.1) is 6.42 Å². The lowest BCUT2D eigenvalue weighted by Crippen LogP contribution is -2.22. The van der Waals surface area contributed by atoms with Crippen LogP contribution >= 0.6 is 11.6 Å². The summed E-state index contributed by atoms with van der Waals surface area (Å²) in [6.45, 7) is 3.90. The molecule has 0 aliphatic carbocycles. The summed E-state index contributed by atoms with van der Waals surface area (Å²) in [4.78, 5) is 23.9. The summed E-state index contributed by atoms with van der Waals surface area (Å²) in [6, 6.07) is 14.6. The Morgan fingerprint density at radius 3 is 2.48 bits per heavy atom. The third kappa shape index (κ3) is 5.91. The molecule has 2 aromatic rings. The molecule has 0 spiro atoms. The first-order valence-corrected chi connectivity index (χ1v) is 8.66. The highest BCUT2D eigenvalue weighted by Crippen LogP contribution is 2.26. The summed E-state index contributed by atoms with van der Waals surface area (Å²) in [5.74, 6) is -0.461. The summed E-state index contributed by atoms with van der Waals surface area (Å²) in [5, 5.41) is 3.43. The Balaban J connectivity index is 1.86. The molecule has 0 heterocycles. The number of nitrogens with one attached hydrogen (secondary N) is 1. The summed E-state index contributed by atoms with van der Waals surface area (Å²) < 4.78 is 5.05. The molecule has 4 nitrogen and oxygen atoms in total. The SMILES string of the molecule is CC[C@@H](C)c1ccccc1NC(=O)COC(=O)Cc1ccc(Cl)cc1. The topological polar surface area (TPSA) is 55.4 Å². The van der Waals surface area contributed by atoms with Crippen molar-refractivity contribution in [2.45, 2.75) is 32.6 Å². The van der Waals surface area contributed by atoms with Crippen molar-refractivity contribution in [2.75, 3.05) is 11.9 Å². The average Bonchev–Trinajstić information content (AvgIpc) is 2.62. The highest BCUT2D eigenvalue weighted by atomic mass is 35.5. The number of esters is 1. The molecular formula is C20H22ClNO3. The van der Waals surface area contributed by atoms with E-state index in [1.807, 2.05) is 24.3 Å². The fraction of sp³-hybridized carbons (Fsp3) is 0.300. The van der Waals surface area contributed by atoms with Gasteiger partial charge in [0, 0.05) is 10.7 Å². The van der Waals surface area contributed by atoms with Crippen LogP contribution in [0.2, 0.25) is 5.02 Å². The molecule has 0 saturated heterocycles. The predicted octanol–water partition coefficient (Wildman–Crippen LogP) is 4.58. The van der Waals surface area contributed by atoms with Crippen LogP contribution in [0.1, 0.15) is 37.3 Å². The summed E-state index contributed by atoms with van der Waals surface area (Å²) in [7, 11) is 0. The first kappa shape index (κ1) is 19.0. The van der Waals surface area contributed by atoms with E-state index in [9.17, 15) is 9.59 Å². The van der Waals surface area contributed by atoms with Crippen LogP contribution in [0.15, 0.2) is 48.5 Å². The van der Waals surface area contributed by atoms with Crippen LogP contribution in [0.25, 0.3) is 0 Å². The number of hydrogen-bond donors (Lipinski definition) is 1. The Bertz CT molecular complexity index is 728. The number of anilines is 1. The van der Waals surface area contributed by atoms with Gasteiger partial charge in [-0.1, -0.05) is 55.8 Å². The van der Waals surface area contributed by atoms with Gasteiger partial charge >= 0.3 is 5.97 Å². The minimum atomic E-state index is -0.451. The standard InChI is InChI=1S/C20H22ClNO3/c1-3-14(2)17-6-4-5-7-18(17)22-19(23)13-25-20(24)12-15-8-10-16(21)11-9-15/h4-11,14H,3,12-13H2,1-2H3,(H,22,23)/t14-/m1/s1. The second kappa shape index (κ2) is 9.23. The van der Waals surface area contributed by atoms with Gasteiger partial charge in [0.1, 0.15) is 0 Å². The van der Waals surface area contributed by atoms with E-state index in [4.69, 9.17) is 16.3 Å². The molecule has 132 valence electrons. The molecule has 0 unspecified atom stereocenters. The van der Waals surface area contributed by atoms with Crippen molar-refractivity contribution in [1.82, 2.24) is 0 Å². The predicted molar refractivity (Wildman–Crippen MR) is 99.9 cm³/mol. The normalized spacial score (nSPS) is 11.6. The van der Waals surface area contributed by atoms with Crippen LogP contribution < -0.4 is 5.32 Å². The Labute approximate surface area is 153 Å². The molecule has 2 aromatic carbocycles. The molecule has 1 N–H and O–H groups in total. The first-order chi connectivity index (χ1) is 12.0. The minimum absolute atomic E-state index is 0.105. The Morgan fingerprint density at radius 2 is 1.80 bits per heavy atom. The zero-order valence-electron chi connectivity index (χ0n) is 14.4. The molecular weight excluding hydrogens is 338 g/mol. The highest BCUT2D eigenvalue weighted by molar-refractivity contribution is 6.30. The average molecular weight is 360 g/mol. The Morgan fingerprint density at radius 1 is 1.12 bits per heavy atom. The summed E-state index contributed by atoms with van der Waals surface area (Å²) >= 11 is 5.80. The summed E-state index contributed by atoms with van der Waals surface area (Å²) in [5.41, 5.74) is 2.62. The van der Waals surface area contributed by atoms with Gasteiger partial charge in [-0.15, -0.1) is 0 Å². The number of amides is 1. The number of hydrogen-bond acceptors (Lipinski definition) is 3. The third-order valence-electron chi connectivity index (χ3n) is 4.00. The van der Waals surface area contributed by atoms with Crippen LogP contribution in [0.4, 0.5) is 5.69 Å². The minimum Gasteiger partial charge on any atom is -0.455 e. The highest BCUT2D eigenvalue weighted by Gasteiger charge is 2.13. The van der Waals surface area contributed by atoms with E-state index in [1.54, 1.807) is 24.3 Å². The van der Waals surface area contributed by atoms with Gasteiger partial charge < -0.3 is 10.1 Å². The second-order valence-corrected chi connectivity index (χ2v) is 6.35. The lowest BCUT2D eigenvalue weighted by Gasteiger charge is -2.15. The molecule has 0 aromatic heterocycles. The monoisotopic (exact) mass is 359 g/mol. The quantitative estimate of drug-likeness (QED) is 0.736. The van der Waals surface area contributed by atoms with Gasteiger partial charge in [0.2, 0.25) is 0 Å². The number of rotatable bonds is 7. The molecule has 2 rings (SSSR count). The van der Waals surface area contributed by atoms with E-state index in [0.29, 0.717) is 10.9 Å². The van der Waals surface area contributed by atoms with Gasteiger partial charge in [0.15, 0.2) is 6.61 Å². The molecule has 0 aliphatic rings. The Hall–Kier alpha value is -2.33. The number of para-hydroxylation sites is 1. The Kier molecular flexibility index (Phi) is 7.02. The molecule has 1 amide bonds. The second-order valence-electron chi connectivity index (χ2n) is 5.91. The van der Waals surface area contributed by atoms with Gasteiger partial charge in [-0.05, 0) is 41.7 Å². The molecule has 0 bridgehead atoms. The van der Waals surface area contributed by atoms with Crippen LogP contribution in [0.5, 0.6) is 0 Å². The van der Waals surface area contributed by atoms with Gasteiger partial charge in [-0.3, -0.25) is 9.59 Å². The number of halogens is 1. The molecule has 0 aliphatic heterocycles. The van der Waals surface area contributed by atoms with Crippen LogP contribution in [-0.4, -0.2) is 18.5 Å². The van der Waals surface area contributed by atoms with Crippen molar-refractivity contribution in [2.24, 2.45) is 0 Å². The molecule has 25 heavy (non-hydrogen) atoms. The van der Waals surface area contributed by atoms with E-state index < -0.39 is 5.97 Å². The van der Waals surface area contributed by atoms with Gasteiger partial charge in [-0.25, -0.2) is 0 Å². The zero-order valence-corrected chi connectivity index (χ0v) is 15.2. The van der Waals surface area contributed by atoms with Crippen molar-refractivity contribution >= 4 is 29.2 Å². The lowest BCUT2D eigenvalue weighted by atomic mass is 9.97. The maximum absolute atomic E-state index is 12.1. The van der Waals surface area contributed by atoms with Gasteiger partial charge in [0.25, 0.3) is 5.91 Å². The molecule has 1 atom stereocenters. The number of carbonyl (C=O) groups excluding carboxylic acids is 2. The molecule has 0 saturated carbocycles. The first-order valence-electron chi connectivity index (χ1n) is 8.28. The van der Waals surface area contributed by atoms with E-state index in [1.165, 1.54) is 0 Å². The van der Waals surface area contributed by atoms with Gasteiger partial charge in [-0.2, -0.15) is 0 Å². The number of benzene rings is 2. The maximum atomic E-state index is 12.1.